The minimum atomic E-state index is -0.251. The van der Waals surface area contributed by atoms with Crippen LogP contribution in [0.1, 0.15) is 37.8 Å². The molecule has 160 valence electrons. The van der Waals surface area contributed by atoms with Crippen molar-refractivity contribution in [3.8, 4) is 11.5 Å². The summed E-state index contributed by atoms with van der Waals surface area (Å²) in [7, 11) is 0. The van der Waals surface area contributed by atoms with Gasteiger partial charge >= 0.3 is 0 Å². The summed E-state index contributed by atoms with van der Waals surface area (Å²) in [4.78, 5) is 0. The molecular formula is C21H22Br4Cl2O2. The highest BCUT2D eigenvalue weighted by Gasteiger charge is 2.27. The van der Waals surface area contributed by atoms with Crippen LogP contribution in [0.4, 0.5) is 0 Å². The third-order valence-electron chi connectivity index (χ3n) is 4.49. The molecule has 2 aromatic rings. The van der Waals surface area contributed by atoms with Crippen molar-refractivity contribution in [2.24, 2.45) is 0 Å². The molecule has 2 rings (SSSR count). The second-order valence-electron chi connectivity index (χ2n) is 6.95. The topological polar surface area (TPSA) is 18.5 Å². The first kappa shape index (κ1) is 25.8. The van der Waals surface area contributed by atoms with Gasteiger partial charge in [-0.2, -0.15) is 0 Å². The molecule has 0 bridgehead atoms. The molecule has 0 heterocycles. The summed E-state index contributed by atoms with van der Waals surface area (Å²) in [5.41, 5.74) is 2.05. The van der Waals surface area contributed by atoms with Gasteiger partial charge in [0.2, 0.25) is 0 Å². The Morgan fingerprint density at radius 1 is 0.690 bits per heavy atom. The molecule has 0 radical (unpaired) electrons. The first-order valence-electron chi connectivity index (χ1n) is 9.09. The standard InChI is InChI=1S/C21H22Br4Cl2O2/c1-21(2,13-9-15(22)19(16(23)10-13)28-7-3-5-26)14-11-17(24)20(18(25)12-14)29-8-4-6-27/h9-12H,3-8H2,1-2H3. The Morgan fingerprint density at radius 3 is 1.28 bits per heavy atom. The fourth-order valence-electron chi connectivity index (χ4n) is 2.74. The Bertz CT molecular complexity index is 730. The second-order valence-corrected chi connectivity index (χ2v) is 11.1. The van der Waals surface area contributed by atoms with Crippen LogP contribution in [0.2, 0.25) is 0 Å². The van der Waals surface area contributed by atoms with Crippen LogP contribution < -0.4 is 9.47 Å². The maximum absolute atomic E-state index is 5.86. The molecule has 0 unspecified atom stereocenters. The molecule has 0 aliphatic carbocycles. The summed E-state index contributed by atoms with van der Waals surface area (Å²) in [5, 5.41) is 0. The average molecular weight is 697 g/mol. The maximum atomic E-state index is 5.86. The number of ether oxygens (including phenoxy) is 2. The van der Waals surface area contributed by atoms with E-state index in [2.05, 4.69) is 102 Å². The molecule has 0 aliphatic rings. The van der Waals surface area contributed by atoms with Crippen LogP contribution in [-0.2, 0) is 5.41 Å². The van der Waals surface area contributed by atoms with E-state index in [1.54, 1.807) is 0 Å². The number of benzene rings is 2. The first-order chi connectivity index (χ1) is 13.7. The van der Waals surface area contributed by atoms with Gasteiger partial charge in [0.25, 0.3) is 0 Å². The smallest absolute Gasteiger partial charge is 0.147 e. The van der Waals surface area contributed by atoms with Gasteiger partial charge in [-0.3, -0.25) is 0 Å². The van der Waals surface area contributed by atoms with Gasteiger partial charge in [0.05, 0.1) is 31.1 Å². The Balaban J connectivity index is 2.34. The monoisotopic (exact) mass is 692 g/mol. The summed E-state index contributed by atoms with van der Waals surface area (Å²) in [6.07, 6.45) is 1.60. The predicted molar refractivity (Wildman–Crippen MR) is 137 cm³/mol. The Labute approximate surface area is 216 Å². The Hall–Kier alpha value is 0.540. The van der Waals surface area contributed by atoms with E-state index < -0.39 is 0 Å². The highest BCUT2D eigenvalue weighted by atomic mass is 79.9. The van der Waals surface area contributed by atoms with E-state index in [4.69, 9.17) is 32.7 Å². The lowest BCUT2D eigenvalue weighted by Gasteiger charge is -2.28. The Kier molecular flexibility index (Phi) is 10.6. The van der Waals surface area contributed by atoms with Gasteiger partial charge in [-0.15, -0.1) is 23.2 Å². The van der Waals surface area contributed by atoms with E-state index in [0.29, 0.717) is 25.0 Å². The summed E-state index contributed by atoms with van der Waals surface area (Å²) in [5.74, 6) is 2.74. The Morgan fingerprint density at radius 2 is 1.00 bits per heavy atom. The van der Waals surface area contributed by atoms with Crippen molar-refractivity contribution >= 4 is 86.9 Å². The van der Waals surface area contributed by atoms with Crippen LogP contribution in [0.3, 0.4) is 0 Å². The molecule has 2 nitrogen and oxygen atoms in total. The van der Waals surface area contributed by atoms with Gasteiger partial charge in [-0.1, -0.05) is 13.8 Å². The molecule has 0 amide bonds. The van der Waals surface area contributed by atoms with Crippen molar-refractivity contribution < 1.29 is 9.47 Å². The predicted octanol–water partition coefficient (Wildman–Crippen LogP) is 9.08. The fourth-order valence-corrected chi connectivity index (χ4v) is 5.79. The molecule has 8 heteroatoms. The lowest BCUT2D eigenvalue weighted by molar-refractivity contribution is 0.314. The van der Waals surface area contributed by atoms with Crippen molar-refractivity contribution in [3.05, 3.63) is 53.3 Å². The van der Waals surface area contributed by atoms with Crippen LogP contribution in [0.5, 0.6) is 11.5 Å². The SMILES string of the molecule is CC(C)(c1cc(Br)c(OCCCCl)c(Br)c1)c1cc(Br)c(OCCCCl)c(Br)c1. The zero-order chi connectivity index (χ0) is 21.6. The quantitative estimate of drug-likeness (QED) is 0.182. The molecule has 0 aromatic heterocycles. The van der Waals surface area contributed by atoms with E-state index in [0.717, 1.165) is 53.4 Å². The molecule has 0 saturated heterocycles. The molecule has 29 heavy (non-hydrogen) atoms. The normalized spacial score (nSPS) is 11.6. The van der Waals surface area contributed by atoms with Crippen LogP contribution in [-0.4, -0.2) is 25.0 Å². The lowest BCUT2D eigenvalue weighted by atomic mass is 9.78. The molecule has 0 N–H and O–H groups in total. The van der Waals surface area contributed by atoms with Crippen LogP contribution >= 0.6 is 86.9 Å². The molecule has 0 spiro atoms. The fraction of sp³-hybridized carbons (Fsp3) is 0.429. The molecule has 2 aromatic carbocycles. The van der Waals surface area contributed by atoms with Crippen molar-refractivity contribution in [1.29, 1.82) is 0 Å². The maximum Gasteiger partial charge on any atom is 0.147 e. The number of halogens is 6. The molecule has 0 atom stereocenters. The summed E-state index contributed by atoms with van der Waals surface area (Å²) >= 11 is 26.1. The van der Waals surface area contributed by atoms with Crippen molar-refractivity contribution in [1.82, 2.24) is 0 Å². The highest BCUT2D eigenvalue weighted by Crippen LogP contribution is 2.44. The third-order valence-corrected chi connectivity index (χ3v) is 7.38. The van der Waals surface area contributed by atoms with Crippen LogP contribution in [0.15, 0.2) is 42.2 Å². The molecule has 0 saturated carbocycles. The number of hydrogen-bond acceptors (Lipinski definition) is 2. The van der Waals surface area contributed by atoms with Crippen molar-refractivity contribution in [2.75, 3.05) is 25.0 Å². The van der Waals surface area contributed by atoms with E-state index >= 15 is 0 Å². The summed E-state index contributed by atoms with van der Waals surface area (Å²) < 4.78 is 15.4. The first-order valence-corrected chi connectivity index (χ1v) is 13.3. The number of hydrogen-bond donors (Lipinski definition) is 0. The number of rotatable bonds is 10. The third kappa shape index (κ3) is 6.76. The minimum absolute atomic E-state index is 0.251. The van der Waals surface area contributed by atoms with Crippen LogP contribution in [0, 0.1) is 0 Å². The zero-order valence-electron chi connectivity index (χ0n) is 16.1. The van der Waals surface area contributed by atoms with Crippen molar-refractivity contribution in [2.45, 2.75) is 32.1 Å². The average Bonchev–Trinajstić information content (AvgIpc) is 2.65. The van der Waals surface area contributed by atoms with Gasteiger partial charge in [-0.25, -0.2) is 0 Å². The zero-order valence-corrected chi connectivity index (χ0v) is 24.0. The second kappa shape index (κ2) is 12.0. The van der Waals surface area contributed by atoms with E-state index in [-0.39, 0.29) is 5.41 Å². The van der Waals surface area contributed by atoms with Gasteiger partial charge in [0, 0.05) is 17.2 Å². The molecule has 0 aliphatic heterocycles. The van der Waals surface area contributed by atoms with Gasteiger partial charge in [0.15, 0.2) is 0 Å². The lowest BCUT2D eigenvalue weighted by Crippen LogP contribution is -2.19. The number of alkyl halides is 2. The summed E-state index contributed by atoms with van der Waals surface area (Å²) in [6, 6.07) is 8.42. The molecular weight excluding hydrogens is 675 g/mol. The largest absolute Gasteiger partial charge is 0.491 e. The van der Waals surface area contributed by atoms with E-state index in [1.165, 1.54) is 0 Å². The van der Waals surface area contributed by atoms with E-state index in [9.17, 15) is 0 Å². The van der Waals surface area contributed by atoms with Crippen molar-refractivity contribution in [3.63, 3.8) is 0 Å². The molecule has 0 fully saturated rings. The van der Waals surface area contributed by atoms with Crippen LogP contribution in [0.25, 0.3) is 0 Å². The van der Waals surface area contributed by atoms with E-state index in [1.807, 2.05) is 0 Å². The van der Waals surface area contributed by atoms with Gasteiger partial charge < -0.3 is 9.47 Å². The highest BCUT2D eigenvalue weighted by molar-refractivity contribution is 9.11. The minimum Gasteiger partial charge on any atom is -0.491 e. The van der Waals surface area contributed by atoms with Gasteiger partial charge in [0.1, 0.15) is 11.5 Å². The van der Waals surface area contributed by atoms with Gasteiger partial charge in [-0.05, 0) is 112 Å². The summed E-state index contributed by atoms with van der Waals surface area (Å²) in [6.45, 7) is 5.54.